The van der Waals surface area contributed by atoms with Gasteiger partial charge in [-0.25, -0.2) is 4.98 Å². The molecule has 0 aromatic carbocycles. The van der Waals surface area contributed by atoms with Gasteiger partial charge in [0, 0.05) is 23.8 Å². The van der Waals surface area contributed by atoms with Gasteiger partial charge in [-0.3, -0.25) is 4.79 Å². The number of rotatable bonds is 5. The Labute approximate surface area is 113 Å². The second-order valence-electron chi connectivity index (χ2n) is 3.52. The zero-order valence-electron chi connectivity index (χ0n) is 9.52. The lowest BCUT2D eigenvalue weighted by atomic mass is 10.4. The summed E-state index contributed by atoms with van der Waals surface area (Å²) >= 11 is 3.31. The summed E-state index contributed by atoms with van der Waals surface area (Å²) in [5, 5.41) is 5.83. The molecule has 0 atom stereocenters. The Hall–Kier alpha value is -1.82. The van der Waals surface area contributed by atoms with E-state index in [9.17, 15) is 4.79 Å². The number of carbonyl (C=O) groups is 1. The third kappa shape index (κ3) is 3.59. The van der Waals surface area contributed by atoms with Crippen LogP contribution in [0.2, 0.25) is 0 Å². The van der Waals surface area contributed by atoms with Gasteiger partial charge in [-0.1, -0.05) is 0 Å². The van der Waals surface area contributed by atoms with Crippen molar-refractivity contribution in [1.29, 1.82) is 0 Å². The van der Waals surface area contributed by atoms with Crippen LogP contribution in [0.1, 0.15) is 10.6 Å². The van der Waals surface area contributed by atoms with E-state index >= 15 is 0 Å². The van der Waals surface area contributed by atoms with Gasteiger partial charge in [0.1, 0.15) is 5.82 Å². The summed E-state index contributed by atoms with van der Waals surface area (Å²) in [6, 6.07) is 7.06. The molecule has 0 saturated carbocycles. The molecule has 6 heteroatoms. The Balaban J connectivity index is 1.70. The molecule has 0 aliphatic carbocycles. The highest BCUT2D eigenvalue weighted by atomic mass is 79.9. The zero-order valence-corrected chi connectivity index (χ0v) is 11.1. The van der Waals surface area contributed by atoms with Gasteiger partial charge in [0.2, 0.25) is 0 Å². The minimum Gasteiger partial charge on any atom is -0.459 e. The number of carbonyl (C=O) groups excluding carboxylic acids is 1. The highest BCUT2D eigenvalue weighted by Gasteiger charge is 2.06. The molecule has 0 saturated heterocycles. The van der Waals surface area contributed by atoms with Gasteiger partial charge >= 0.3 is 0 Å². The molecule has 0 bridgehead atoms. The average Bonchev–Trinajstić information content (AvgIpc) is 2.90. The molecule has 0 radical (unpaired) electrons. The smallest absolute Gasteiger partial charge is 0.287 e. The normalized spacial score (nSPS) is 10.1. The van der Waals surface area contributed by atoms with Crippen molar-refractivity contribution in [2.45, 2.75) is 0 Å². The molecule has 1 amide bonds. The van der Waals surface area contributed by atoms with Crippen molar-refractivity contribution in [3.05, 3.63) is 47.0 Å². The first-order chi connectivity index (χ1) is 8.75. The molecule has 0 unspecified atom stereocenters. The molecule has 0 spiro atoms. The van der Waals surface area contributed by atoms with Crippen molar-refractivity contribution in [2.24, 2.45) is 0 Å². The second kappa shape index (κ2) is 6.20. The predicted octanol–water partition coefficient (Wildman–Crippen LogP) is 2.28. The lowest BCUT2D eigenvalue weighted by Crippen LogP contribution is -2.28. The topological polar surface area (TPSA) is 67.2 Å². The van der Waals surface area contributed by atoms with Gasteiger partial charge in [-0.05, 0) is 40.2 Å². The molecule has 5 nitrogen and oxygen atoms in total. The number of aromatic nitrogens is 1. The number of halogens is 1. The van der Waals surface area contributed by atoms with Crippen LogP contribution in [-0.2, 0) is 0 Å². The van der Waals surface area contributed by atoms with Crippen LogP contribution in [0.3, 0.4) is 0 Å². The van der Waals surface area contributed by atoms with Crippen molar-refractivity contribution in [1.82, 2.24) is 10.3 Å². The van der Waals surface area contributed by atoms with Crippen molar-refractivity contribution >= 4 is 27.7 Å². The lowest BCUT2D eigenvalue weighted by Gasteiger charge is -2.06. The third-order valence-electron chi connectivity index (χ3n) is 2.19. The van der Waals surface area contributed by atoms with E-state index in [1.165, 1.54) is 6.26 Å². The fourth-order valence-corrected chi connectivity index (χ4v) is 1.58. The number of amides is 1. The van der Waals surface area contributed by atoms with E-state index in [0.29, 0.717) is 18.8 Å². The Bertz CT molecular complexity index is 497. The summed E-state index contributed by atoms with van der Waals surface area (Å²) in [6.07, 6.45) is 3.18. The summed E-state index contributed by atoms with van der Waals surface area (Å²) in [4.78, 5) is 15.7. The third-order valence-corrected chi connectivity index (χ3v) is 2.66. The number of nitrogens with zero attached hydrogens (tertiary/aromatic N) is 1. The summed E-state index contributed by atoms with van der Waals surface area (Å²) in [5.74, 6) is 0.868. The Morgan fingerprint density at radius 1 is 1.33 bits per heavy atom. The number of anilines is 1. The first-order valence-corrected chi connectivity index (χ1v) is 6.22. The maximum atomic E-state index is 11.5. The predicted molar refractivity (Wildman–Crippen MR) is 71.5 cm³/mol. The Morgan fingerprint density at radius 2 is 2.22 bits per heavy atom. The Kier molecular flexibility index (Phi) is 4.35. The van der Waals surface area contributed by atoms with E-state index < -0.39 is 0 Å². The fourth-order valence-electron chi connectivity index (χ4n) is 1.34. The van der Waals surface area contributed by atoms with Crippen LogP contribution in [0, 0.1) is 0 Å². The molecule has 18 heavy (non-hydrogen) atoms. The number of nitrogens with one attached hydrogen (secondary N) is 2. The Morgan fingerprint density at radius 3 is 2.89 bits per heavy atom. The van der Waals surface area contributed by atoms with Crippen LogP contribution >= 0.6 is 15.9 Å². The summed E-state index contributed by atoms with van der Waals surface area (Å²) in [5.41, 5.74) is 0. The quantitative estimate of drug-likeness (QED) is 0.832. The summed E-state index contributed by atoms with van der Waals surface area (Å²) in [7, 11) is 0. The monoisotopic (exact) mass is 309 g/mol. The van der Waals surface area contributed by atoms with Crippen LogP contribution in [0.5, 0.6) is 0 Å². The highest BCUT2D eigenvalue weighted by Crippen LogP contribution is 2.09. The number of hydrogen-bond donors (Lipinski definition) is 2. The maximum Gasteiger partial charge on any atom is 0.287 e. The number of pyridine rings is 1. The molecular weight excluding hydrogens is 298 g/mol. The number of furan rings is 1. The van der Waals surface area contributed by atoms with Crippen LogP contribution < -0.4 is 10.6 Å². The largest absolute Gasteiger partial charge is 0.459 e. The van der Waals surface area contributed by atoms with Crippen LogP contribution in [-0.4, -0.2) is 24.0 Å². The van der Waals surface area contributed by atoms with Gasteiger partial charge < -0.3 is 15.1 Å². The van der Waals surface area contributed by atoms with E-state index in [2.05, 4.69) is 31.5 Å². The molecule has 2 heterocycles. The fraction of sp³-hybridized carbons (Fsp3) is 0.167. The van der Waals surface area contributed by atoms with Gasteiger partial charge in [0.15, 0.2) is 5.76 Å². The standard InChI is InChI=1S/C12H12BrN3O2/c13-9-3-4-11(16-8-9)14-5-6-15-12(17)10-2-1-7-18-10/h1-4,7-8H,5-6H2,(H,14,16)(H,15,17). The van der Waals surface area contributed by atoms with Crippen molar-refractivity contribution in [3.8, 4) is 0 Å². The highest BCUT2D eigenvalue weighted by molar-refractivity contribution is 9.10. The van der Waals surface area contributed by atoms with E-state index in [1.807, 2.05) is 12.1 Å². The van der Waals surface area contributed by atoms with Gasteiger partial charge in [0.25, 0.3) is 5.91 Å². The molecule has 2 N–H and O–H groups in total. The number of hydrogen-bond acceptors (Lipinski definition) is 4. The van der Waals surface area contributed by atoms with Gasteiger partial charge in [0.05, 0.1) is 6.26 Å². The lowest BCUT2D eigenvalue weighted by molar-refractivity contribution is 0.0927. The van der Waals surface area contributed by atoms with E-state index in [0.717, 1.165) is 10.3 Å². The van der Waals surface area contributed by atoms with E-state index in [-0.39, 0.29) is 5.91 Å². The minimum atomic E-state index is -0.217. The minimum absolute atomic E-state index is 0.217. The van der Waals surface area contributed by atoms with E-state index in [4.69, 9.17) is 4.42 Å². The average molecular weight is 310 g/mol. The second-order valence-corrected chi connectivity index (χ2v) is 4.44. The molecule has 2 aromatic heterocycles. The van der Waals surface area contributed by atoms with E-state index in [1.54, 1.807) is 18.3 Å². The van der Waals surface area contributed by atoms with Crippen molar-refractivity contribution < 1.29 is 9.21 Å². The first kappa shape index (κ1) is 12.6. The van der Waals surface area contributed by atoms with Crippen LogP contribution in [0.4, 0.5) is 5.82 Å². The molecule has 0 aliphatic rings. The van der Waals surface area contributed by atoms with Gasteiger partial charge in [-0.2, -0.15) is 0 Å². The molecule has 94 valence electrons. The molecule has 2 rings (SSSR count). The van der Waals surface area contributed by atoms with Gasteiger partial charge in [-0.15, -0.1) is 0 Å². The summed E-state index contributed by atoms with van der Waals surface area (Å²) < 4.78 is 5.90. The SMILES string of the molecule is O=C(NCCNc1ccc(Br)cn1)c1ccco1. The van der Waals surface area contributed by atoms with Crippen molar-refractivity contribution in [2.75, 3.05) is 18.4 Å². The molecule has 0 aliphatic heterocycles. The zero-order chi connectivity index (χ0) is 12.8. The molecule has 2 aromatic rings. The maximum absolute atomic E-state index is 11.5. The first-order valence-electron chi connectivity index (χ1n) is 5.43. The van der Waals surface area contributed by atoms with Crippen LogP contribution in [0.15, 0.2) is 45.6 Å². The van der Waals surface area contributed by atoms with Crippen LogP contribution in [0.25, 0.3) is 0 Å². The molecular formula is C12H12BrN3O2. The van der Waals surface area contributed by atoms with Crippen molar-refractivity contribution in [3.63, 3.8) is 0 Å². The summed E-state index contributed by atoms with van der Waals surface area (Å²) in [6.45, 7) is 1.10. The molecule has 0 fully saturated rings.